The largest absolute Gasteiger partial charge is 0.479 e. The first-order chi connectivity index (χ1) is 22.8. The number of nitrogens with one attached hydrogen (secondary N) is 1. The van der Waals surface area contributed by atoms with Gasteiger partial charge in [0.1, 0.15) is 0 Å². The average molecular weight is 682 g/mol. The molecule has 0 aliphatic carbocycles. The van der Waals surface area contributed by atoms with Gasteiger partial charge in [-0.15, -0.1) is 5.06 Å². The van der Waals surface area contributed by atoms with Crippen molar-refractivity contribution in [1.82, 2.24) is 20.2 Å². The van der Waals surface area contributed by atoms with Crippen molar-refractivity contribution in [2.75, 3.05) is 52.6 Å². The number of carbonyl (C=O) groups excluding carboxylic acids is 8. The molecule has 3 heterocycles. The normalized spacial score (nSPS) is 15.6. The topological polar surface area (TPSA) is 255 Å². The first-order valence-electron chi connectivity index (χ1n) is 14.5. The Balaban J connectivity index is 0.000000379. The summed E-state index contributed by atoms with van der Waals surface area (Å²) in [6, 6.07) is 0. The predicted molar refractivity (Wildman–Crippen MR) is 162 cm³/mol. The molecule has 0 aromatic carbocycles. The molecule has 0 unspecified atom stereocenters. The van der Waals surface area contributed by atoms with E-state index < -0.39 is 30.3 Å². The molecule has 0 aromatic heterocycles. The van der Waals surface area contributed by atoms with E-state index in [-0.39, 0.29) is 62.1 Å². The van der Waals surface area contributed by atoms with Gasteiger partial charge in [0.2, 0.25) is 18.4 Å². The maximum atomic E-state index is 11.4. The van der Waals surface area contributed by atoms with Crippen molar-refractivity contribution in [3.05, 3.63) is 24.3 Å². The summed E-state index contributed by atoms with van der Waals surface area (Å²) in [5, 5.41) is 10.00. The van der Waals surface area contributed by atoms with E-state index in [9.17, 15) is 38.4 Å². The van der Waals surface area contributed by atoms with E-state index in [4.69, 9.17) is 20.0 Å². The van der Waals surface area contributed by atoms with Crippen LogP contribution < -0.4 is 11.1 Å². The first-order valence-corrected chi connectivity index (χ1v) is 14.5. The lowest BCUT2D eigenvalue weighted by atomic mass is 10.4. The quantitative estimate of drug-likeness (QED) is 0.0894. The van der Waals surface area contributed by atoms with Crippen molar-refractivity contribution >= 4 is 59.1 Å². The maximum absolute atomic E-state index is 11.4. The number of rotatable bonds is 14. The van der Waals surface area contributed by atoms with Crippen LogP contribution in [-0.4, -0.2) is 127 Å². The molecule has 0 bridgehead atoms. The third kappa shape index (κ3) is 15.1. The third-order valence-corrected chi connectivity index (χ3v) is 5.48. The van der Waals surface area contributed by atoms with Crippen molar-refractivity contribution < 1.29 is 62.3 Å². The minimum Gasteiger partial charge on any atom is -0.479 e. The minimum atomic E-state index is -0.883. The Hall–Kier alpha value is -5.66. The number of carbonyl (C=O) groups is 8. The summed E-state index contributed by atoms with van der Waals surface area (Å²) < 4.78 is 9.95. The summed E-state index contributed by atoms with van der Waals surface area (Å²) in [6.45, 7) is 7.79. The highest BCUT2D eigenvalue weighted by Gasteiger charge is 2.33. The molecule has 20 nitrogen and oxygen atoms in total. The number of ether oxygens (including phenoxy) is 2. The lowest BCUT2D eigenvalue weighted by Gasteiger charge is -2.13. The van der Waals surface area contributed by atoms with Gasteiger partial charge in [0.05, 0.1) is 13.2 Å². The molecular formula is C28H39N7O13. The molecule has 0 radical (unpaired) electrons. The molecule has 7 amide bonds. The van der Waals surface area contributed by atoms with Gasteiger partial charge < -0.3 is 35.0 Å². The smallest absolute Gasteiger partial charge is 0.373 e. The molecule has 1 fully saturated rings. The Labute approximate surface area is 275 Å². The number of nitrogens with two attached hydrogens (primary N) is 1. The van der Waals surface area contributed by atoms with Crippen LogP contribution in [0.1, 0.15) is 40.5 Å². The number of imide groups is 3. The molecule has 0 atom stereocenters. The first kappa shape index (κ1) is 40.4. The fourth-order valence-corrected chi connectivity index (χ4v) is 3.40. The maximum Gasteiger partial charge on any atom is 0.373 e. The molecule has 1 saturated heterocycles. The second kappa shape index (κ2) is 22.0. The monoisotopic (exact) mass is 681 g/mol. The molecule has 0 aromatic rings. The highest BCUT2D eigenvalue weighted by atomic mass is 16.7. The Bertz CT molecular complexity index is 1270. The Morgan fingerprint density at radius 1 is 0.750 bits per heavy atom. The molecule has 3 N–H and O–H groups in total. The predicted octanol–water partition coefficient (Wildman–Crippen LogP) is -1.74. The number of hydroxylamine groups is 2. The van der Waals surface area contributed by atoms with Crippen LogP contribution in [0.2, 0.25) is 0 Å². The van der Waals surface area contributed by atoms with Gasteiger partial charge in [0.15, 0.2) is 6.61 Å². The van der Waals surface area contributed by atoms with Crippen LogP contribution in [0.25, 0.3) is 0 Å². The van der Waals surface area contributed by atoms with Gasteiger partial charge in [0.25, 0.3) is 41.4 Å². The van der Waals surface area contributed by atoms with E-state index in [1.165, 1.54) is 24.3 Å². The summed E-state index contributed by atoms with van der Waals surface area (Å²) >= 11 is 0. The summed E-state index contributed by atoms with van der Waals surface area (Å²) in [5.41, 5.74) is 5.16. The van der Waals surface area contributed by atoms with Gasteiger partial charge >= 0.3 is 5.97 Å². The van der Waals surface area contributed by atoms with Gasteiger partial charge in [0, 0.05) is 77.2 Å². The van der Waals surface area contributed by atoms with Gasteiger partial charge in [-0.25, -0.2) is 4.79 Å². The molecule has 20 heteroatoms. The number of nitrogens with zero attached hydrogens (tertiary/aromatic N) is 5. The second-order valence-corrected chi connectivity index (χ2v) is 9.14. The van der Waals surface area contributed by atoms with Crippen LogP contribution >= 0.6 is 0 Å². The summed E-state index contributed by atoms with van der Waals surface area (Å²) in [6.07, 6.45) is 4.98. The zero-order chi connectivity index (χ0) is 36.1. The van der Waals surface area contributed by atoms with Crippen LogP contribution in [0.5, 0.6) is 0 Å². The SMILES string of the molecule is CCO/C(C)=N\OCC(=O)NCCN1C(=O)C=CC1=O.CCO/C(C)=N\OCC(=O)ON1C(=O)CCC1=O.NCCN1C(=O)C=CC1=O. The van der Waals surface area contributed by atoms with Crippen LogP contribution in [-0.2, 0) is 62.3 Å². The molecule has 3 rings (SSSR count). The lowest BCUT2D eigenvalue weighted by molar-refractivity contribution is -0.200. The molecule has 48 heavy (non-hydrogen) atoms. The van der Waals surface area contributed by atoms with Crippen LogP contribution in [0.3, 0.4) is 0 Å². The number of hydrogen-bond donors (Lipinski definition) is 2. The summed E-state index contributed by atoms with van der Waals surface area (Å²) in [7, 11) is 0. The van der Waals surface area contributed by atoms with Crippen molar-refractivity contribution in [1.29, 1.82) is 0 Å². The van der Waals surface area contributed by atoms with Crippen LogP contribution in [0.4, 0.5) is 0 Å². The van der Waals surface area contributed by atoms with Crippen molar-refractivity contribution in [2.45, 2.75) is 40.5 Å². The van der Waals surface area contributed by atoms with Gasteiger partial charge in [-0.05, 0) is 13.8 Å². The Kier molecular flexibility index (Phi) is 18.5. The number of hydrogen-bond acceptors (Lipinski definition) is 16. The molecule has 264 valence electrons. The minimum absolute atomic E-state index is 0.0502. The number of amides is 7. The average Bonchev–Trinajstić information content (AvgIpc) is 3.65. The second-order valence-electron chi connectivity index (χ2n) is 9.14. The van der Waals surface area contributed by atoms with Crippen molar-refractivity contribution in [2.24, 2.45) is 16.0 Å². The fraction of sp³-hybridized carbons (Fsp3) is 0.500. The van der Waals surface area contributed by atoms with E-state index in [0.717, 1.165) is 9.80 Å². The molecular weight excluding hydrogens is 642 g/mol. The zero-order valence-electron chi connectivity index (χ0n) is 27.0. The third-order valence-electron chi connectivity index (χ3n) is 5.48. The highest BCUT2D eigenvalue weighted by Crippen LogP contribution is 2.12. The van der Waals surface area contributed by atoms with Crippen LogP contribution in [0.15, 0.2) is 34.6 Å². The van der Waals surface area contributed by atoms with E-state index in [1.807, 2.05) is 6.92 Å². The number of oxime groups is 2. The summed E-state index contributed by atoms with van der Waals surface area (Å²) in [5.74, 6) is -3.06. The molecule has 3 aliphatic rings. The van der Waals surface area contributed by atoms with Gasteiger partial charge in [-0.2, -0.15) is 0 Å². The standard InChI is InChI=1S/C12H17N3O5.C10H14N2O6.C6H8N2O2/c1-3-19-9(2)14-20-8-10(16)13-6-7-15-11(17)4-5-12(15)18;1-3-16-7(2)11-17-6-10(15)18-12-8(13)4-5-9(12)14;7-3-4-8-5(9)1-2-6(8)10/h4-5H,3,6-8H2,1-2H3,(H,13,16);3-6H2,1-2H3;1-2H,3-4,7H2/b14-9-;11-7-;. The van der Waals surface area contributed by atoms with Gasteiger partial charge in [-0.1, -0.05) is 10.3 Å². The van der Waals surface area contributed by atoms with E-state index in [1.54, 1.807) is 20.8 Å². The Morgan fingerprint density at radius 2 is 1.19 bits per heavy atom. The molecule has 0 spiro atoms. The van der Waals surface area contributed by atoms with Gasteiger partial charge in [-0.3, -0.25) is 43.4 Å². The van der Waals surface area contributed by atoms with Crippen LogP contribution in [0, 0.1) is 0 Å². The van der Waals surface area contributed by atoms with Crippen molar-refractivity contribution in [3.8, 4) is 0 Å². The van der Waals surface area contributed by atoms with E-state index in [0.29, 0.717) is 37.3 Å². The molecule has 0 saturated carbocycles. The molecule has 3 aliphatic heterocycles. The van der Waals surface area contributed by atoms with Crippen molar-refractivity contribution in [3.63, 3.8) is 0 Å². The highest BCUT2D eigenvalue weighted by molar-refractivity contribution is 6.13. The van der Waals surface area contributed by atoms with E-state index >= 15 is 0 Å². The fourth-order valence-electron chi connectivity index (χ4n) is 3.40. The van der Waals surface area contributed by atoms with E-state index in [2.05, 4.69) is 25.3 Å². The lowest BCUT2D eigenvalue weighted by Crippen LogP contribution is -2.39. The Morgan fingerprint density at radius 3 is 1.62 bits per heavy atom. The summed E-state index contributed by atoms with van der Waals surface area (Å²) in [4.78, 5) is 105. The zero-order valence-corrected chi connectivity index (χ0v) is 27.0.